The number of aromatic nitrogens is 1. The van der Waals surface area contributed by atoms with E-state index in [1.54, 1.807) is 0 Å². The highest BCUT2D eigenvalue weighted by molar-refractivity contribution is 9.10. The Kier molecular flexibility index (Phi) is 3.59. The van der Waals surface area contributed by atoms with Gasteiger partial charge in [0.05, 0.1) is 0 Å². The van der Waals surface area contributed by atoms with E-state index in [-0.39, 0.29) is 0 Å². The van der Waals surface area contributed by atoms with Crippen molar-refractivity contribution in [3.05, 3.63) is 34.4 Å². The monoisotopic (exact) mass is 294 g/mol. The maximum atomic E-state index is 3.53. The minimum Gasteiger partial charge on any atom is -0.341 e. The van der Waals surface area contributed by atoms with Crippen molar-refractivity contribution in [3.8, 4) is 0 Å². The average molecular weight is 295 g/mol. The predicted octanol–water partition coefficient (Wildman–Crippen LogP) is 4.27. The molecule has 0 amide bonds. The number of rotatable bonds is 3. The lowest BCUT2D eigenvalue weighted by Gasteiger charge is -2.18. The largest absolute Gasteiger partial charge is 0.341 e. The van der Waals surface area contributed by atoms with E-state index in [4.69, 9.17) is 0 Å². The van der Waals surface area contributed by atoms with Crippen molar-refractivity contribution in [2.24, 2.45) is 0 Å². The van der Waals surface area contributed by atoms with Gasteiger partial charge in [-0.3, -0.25) is 0 Å². The Morgan fingerprint density at radius 1 is 1.18 bits per heavy atom. The molecule has 0 aliphatic heterocycles. The second-order valence-electron chi connectivity index (χ2n) is 4.75. The van der Waals surface area contributed by atoms with Crippen LogP contribution in [-0.4, -0.2) is 11.6 Å². The van der Waals surface area contributed by atoms with E-state index in [1.165, 1.54) is 16.6 Å². The number of hydrogen-bond acceptors (Lipinski definition) is 1. The fraction of sp³-hybridized carbons (Fsp3) is 0.429. The maximum absolute atomic E-state index is 3.53. The fourth-order valence-electron chi connectivity index (χ4n) is 2.29. The number of benzene rings is 1. The SMILES string of the molecule is CNC(C)c1cc2cc(Br)ccc2n1C(C)C. The second-order valence-corrected chi connectivity index (χ2v) is 5.66. The van der Waals surface area contributed by atoms with E-state index in [2.05, 4.69) is 70.9 Å². The standard InChI is InChI=1S/C14H19BrN2/c1-9(2)17-13-6-5-12(15)7-11(13)8-14(17)10(3)16-4/h5-10,16H,1-4H3. The van der Waals surface area contributed by atoms with Gasteiger partial charge < -0.3 is 9.88 Å². The van der Waals surface area contributed by atoms with Gasteiger partial charge in [0.25, 0.3) is 0 Å². The summed E-state index contributed by atoms with van der Waals surface area (Å²) in [7, 11) is 2.00. The van der Waals surface area contributed by atoms with Gasteiger partial charge in [-0.2, -0.15) is 0 Å². The summed E-state index contributed by atoms with van der Waals surface area (Å²) in [6.45, 7) is 6.66. The molecule has 0 bridgehead atoms. The van der Waals surface area contributed by atoms with E-state index in [0.717, 1.165) is 4.47 Å². The third kappa shape index (κ3) is 2.26. The van der Waals surface area contributed by atoms with Crippen LogP contribution in [0.15, 0.2) is 28.7 Å². The van der Waals surface area contributed by atoms with Crippen molar-refractivity contribution in [1.29, 1.82) is 0 Å². The van der Waals surface area contributed by atoms with Gasteiger partial charge in [0.15, 0.2) is 0 Å². The molecule has 0 spiro atoms. The normalized spacial score (nSPS) is 13.5. The molecule has 0 aliphatic rings. The summed E-state index contributed by atoms with van der Waals surface area (Å²) >= 11 is 3.53. The molecular formula is C14H19BrN2. The molecule has 2 nitrogen and oxygen atoms in total. The molecule has 1 aromatic carbocycles. The van der Waals surface area contributed by atoms with Gasteiger partial charge in [0.1, 0.15) is 0 Å². The van der Waals surface area contributed by atoms with Crippen LogP contribution in [0, 0.1) is 0 Å². The van der Waals surface area contributed by atoms with Gasteiger partial charge >= 0.3 is 0 Å². The lowest BCUT2D eigenvalue weighted by molar-refractivity contribution is 0.535. The zero-order valence-corrected chi connectivity index (χ0v) is 12.4. The average Bonchev–Trinajstić information content (AvgIpc) is 2.66. The summed E-state index contributed by atoms with van der Waals surface area (Å²) in [4.78, 5) is 0. The lowest BCUT2D eigenvalue weighted by atomic mass is 10.2. The molecule has 2 rings (SSSR count). The van der Waals surface area contributed by atoms with Crippen molar-refractivity contribution in [1.82, 2.24) is 9.88 Å². The number of nitrogens with zero attached hydrogens (tertiary/aromatic N) is 1. The third-order valence-corrected chi connectivity index (χ3v) is 3.72. The Labute approximate surface area is 111 Å². The van der Waals surface area contributed by atoms with Crippen molar-refractivity contribution >= 4 is 26.8 Å². The first-order valence-electron chi connectivity index (χ1n) is 6.02. The quantitative estimate of drug-likeness (QED) is 0.895. The number of fused-ring (bicyclic) bond motifs is 1. The molecule has 0 saturated carbocycles. The molecule has 2 aromatic rings. The first kappa shape index (κ1) is 12.7. The molecule has 1 unspecified atom stereocenters. The van der Waals surface area contributed by atoms with Crippen LogP contribution in [0.1, 0.15) is 38.5 Å². The van der Waals surface area contributed by atoms with Crippen molar-refractivity contribution in [2.75, 3.05) is 7.05 Å². The highest BCUT2D eigenvalue weighted by Crippen LogP contribution is 2.29. The van der Waals surface area contributed by atoms with Crippen LogP contribution in [0.3, 0.4) is 0 Å². The topological polar surface area (TPSA) is 17.0 Å². The molecule has 17 heavy (non-hydrogen) atoms. The Balaban J connectivity index is 2.70. The molecule has 92 valence electrons. The van der Waals surface area contributed by atoms with Crippen molar-refractivity contribution in [3.63, 3.8) is 0 Å². The molecule has 0 aliphatic carbocycles. The summed E-state index contributed by atoms with van der Waals surface area (Å²) in [6.07, 6.45) is 0. The van der Waals surface area contributed by atoms with Gasteiger partial charge in [-0.25, -0.2) is 0 Å². The van der Waals surface area contributed by atoms with Gasteiger partial charge in [-0.05, 0) is 52.1 Å². The number of nitrogens with one attached hydrogen (secondary N) is 1. The van der Waals surface area contributed by atoms with Crippen LogP contribution < -0.4 is 5.32 Å². The summed E-state index contributed by atoms with van der Waals surface area (Å²) in [5, 5.41) is 4.62. The highest BCUT2D eigenvalue weighted by Gasteiger charge is 2.15. The molecule has 0 saturated heterocycles. The summed E-state index contributed by atoms with van der Waals surface area (Å²) in [6, 6.07) is 9.59. The van der Waals surface area contributed by atoms with Crippen LogP contribution in [0.2, 0.25) is 0 Å². The fourth-order valence-corrected chi connectivity index (χ4v) is 2.66. The molecular weight excluding hydrogens is 276 g/mol. The van der Waals surface area contributed by atoms with Gasteiger partial charge in [0.2, 0.25) is 0 Å². The van der Waals surface area contributed by atoms with E-state index in [0.29, 0.717) is 12.1 Å². The van der Waals surface area contributed by atoms with Crippen LogP contribution in [0.4, 0.5) is 0 Å². The van der Waals surface area contributed by atoms with Crippen LogP contribution in [0.25, 0.3) is 10.9 Å². The minimum atomic E-state index is 0.364. The summed E-state index contributed by atoms with van der Waals surface area (Å²) < 4.78 is 3.54. The molecule has 1 heterocycles. The highest BCUT2D eigenvalue weighted by atomic mass is 79.9. The predicted molar refractivity (Wildman–Crippen MR) is 77.5 cm³/mol. The van der Waals surface area contributed by atoms with Crippen molar-refractivity contribution < 1.29 is 0 Å². The molecule has 1 aromatic heterocycles. The molecule has 1 N–H and O–H groups in total. The first-order valence-corrected chi connectivity index (χ1v) is 6.81. The van der Waals surface area contributed by atoms with Gasteiger partial charge in [-0.1, -0.05) is 15.9 Å². The zero-order valence-electron chi connectivity index (χ0n) is 10.8. The van der Waals surface area contributed by atoms with Crippen LogP contribution >= 0.6 is 15.9 Å². The van der Waals surface area contributed by atoms with Crippen LogP contribution in [0.5, 0.6) is 0 Å². The number of hydrogen-bond donors (Lipinski definition) is 1. The van der Waals surface area contributed by atoms with E-state index >= 15 is 0 Å². The summed E-state index contributed by atoms with van der Waals surface area (Å²) in [5.74, 6) is 0. The maximum Gasteiger partial charge on any atom is 0.0486 e. The molecule has 0 fully saturated rings. The Hall–Kier alpha value is -0.800. The Morgan fingerprint density at radius 2 is 1.88 bits per heavy atom. The lowest BCUT2D eigenvalue weighted by Crippen LogP contribution is -2.17. The van der Waals surface area contributed by atoms with Gasteiger partial charge in [-0.15, -0.1) is 0 Å². The molecule has 0 radical (unpaired) electrons. The second kappa shape index (κ2) is 4.83. The third-order valence-electron chi connectivity index (χ3n) is 3.22. The Bertz CT molecular complexity index is 528. The zero-order chi connectivity index (χ0) is 12.6. The minimum absolute atomic E-state index is 0.364. The Morgan fingerprint density at radius 3 is 2.47 bits per heavy atom. The smallest absolute Gasteiger partial charge is 0.0486 e. The number of halogens is 1. The first-order chi connectivity index (χ1) is 8.04. The van der Waals surface area contributed by atoms with E-state index in [9.17, 15) is 0 Å². The van der Waals surface area contributed by atoms with Crippen molar-refractivity contribution in [2.45, 2.75) is 32.9 Å². The molecule has 1 atom stereocenters. The van der Waals surface area contributed by atoms with E-state index < -0.39 is 0 Å². The van der Waals surface area contributed by atoms with E-state index in [1.807, 2.05) is 7.05 Å². The molecule has 3 heteroatoms. The van der Waals surface area contributed by atoms with Gasteiger partial charge in [0, 0.05) is 33.2 Å². The summed E-state index contributed by atoms with van der Waals surface area (Å²) in [5.41, 5.74) is 2.65. The van der Waals surface area contributed by atoms with Crippen LogP contribution in [-0.2, 0) is 0 Å².